The Labute approximate surface area is 112 Å². The molecule has 0 aliphatic carbocycles. The third-order valence-electron chi connectivity index (χ3n) is 2.49. The lowest BCUT2D eigenvalue weighted by atomic mass is 10.2. The van der Waals surface area contributed by atoms with Gasteiger partial charge in [-0.15, -0.1) is 11.8 Å². The molecule has 18 heavy (non-hydrogen) atoms. The summed E-state index contributed by atoms with van der Waals surface area (Å²) in [5.74, 6) is 0.878. The van der Waals surface area contributed by atoms with Gasteiger partial charge in [-0.1, -0.05) is 60.7 Å². The molecule has 2 aromatic carbocycles. The van der Waals surface area contributed by atoms with Crippen LogP contribution in [0.1, 0.15) is 11.1 Å². The summed E-state index contributed by atoms with van der Waals surface area (Å²) >= 11 is 1.69. The van der Waals surface area contributed by atoms with Crippen LogP contribution >= 0.6 is 11.8 Å². The molecule has 0 aliphatic rings. The molecule has 0 spiro atoms. The maximum absolute atomic E-state index is 8.86. The molecule has 0 bridgehead atoms. The molecule has 0 amide bonds. The van der Waals surface area contributed by atoms with Crippen LogP contribution in [0.3, 0.4) is 0 Å². The fourth-order valence-electron chi connectivity index (χ4n) is 1.60. The summed E-state index contributed by atoms with van der Waals surface area (Å²) in [5, 5.41) is 8.86. The Kier molecular flexibility index (Phi) is 4.63. The molecule has 0 radical (unpaired) electrons. The van der Waals surface area contributed by atoms with Crippen LogP contribution in [0.25, 0.3) is 4.91 Å². The molecule has 0 saturated carbocycles. The number of benzene rings is 2. The minimum atomic E-state index is 0.878. The molecule has 0 aliphatic heterocycles. The number of allylic oxidation sites excluding steroid dienone is 1. The second-order valence-corrected chi connectivity index (χ2v) is 4.80. The fraction of sp³-hybridized carbons (Fsp3) is 0.0625. The van der Waals surface area contributed by atoms with Crippen LogP contribution in [-0.2, 0) is 5.75 Å². The van der Waals surface area contributed by atoms with Gasteiger partial charge < -0.3 is 0 Å². The van der Waals surface area contributed by atoms with Crippen LogP contribution in [-0.4, -0.2) is 0 Å². The van der Waals surface area contributed by atoms with Gasteiger partial charge in [-0.25, -0.2) is 0 Å². The molecule has 0 fully saturated rings. The Bertz CT molecular complexity index is 553. The topological polar surface area (TPSA) is 23.8 Å². The highest BCUT2D eigenvalue weighted by molar-refractivity contribution is 8.07. The van der Waals surface area contributed by atoms with E-state index < -0.39 is 0 Å². The molecule has 2 aromatic rings. The largest absolute Gasteiger partial charge is 0.193 e. The predicted octanol–water partition coefficient (Wildman–Crippen LogP) is 4.48. The van der Waals surface area contributed by atoms with E-state index in [0.29, 0.717) is 0 Å². The first-order chi connectivity index (χ1) is 8.90. The van der Waals surface area contributed by atoms with Gasteiger partial charge in [0.1, 0.15) is 0 Å². The summed E-state index contributed by atoms with van der Waals surface area (Å²) < 4.78 is 0. The van der Waals surface area contributed by atoms with Crippen molar-refractivity contribution in [1.29, 1.82) is 5.26 Å². The highest BCUT2D eigenvalue weighted by Crippen LogP contribution is 2.29. The number of hydrogen-bond acceptors (Lipinski definition) is 2. The van der Waals surface area contributed by atoms with Gasteiger partial charge in [-0.3, -0.25) is 0 Å². The first-order valence-corrected chi connectivity index (χ1v) is 6.70. The molecule has 0 atom stereocenters. The van der Waals surface area contributed by atoms with E-state index in [4.69, 9.17) is 5.26 Å². The van der Waals surface area contributed by atoms with Crippen molar-refractivity contribution in [1.82, 2.24) is 0 Å². The fourth-order valence-corrected chi connectivity index (χ4v) is 2.56. The Morgan fingerprint density at radius 2 is 1.61 bits per heavy atom. The zero-order valence-electron chi connectivity index (χ0n) is 9.91. The van der Waals surface area contributed by atoms with E-state index in [0.717, 1.165) is 16.2 Å². The molecule has 2 heteroatoms. The Hall–Kier alpha value is -1.98. The minimum absolute atomic E-state index is 0.878. The Morgan fingerprint density at radius 3 is 2.22 bits per heavy atom. The molecule has 0 heterocycles. The monoisotopic (exact) mass is 251 g/mol. The lowest BCUT2D eigenvalue weighted by Gasteiger charge is -2.06. The summed E-state index contributed by atoms with van der Waals surface area (Å²) in [6.07, 6.45) is 1.61. The summed E-state index contributed by atoms with van der Waals surface area (Å²) in [5.41, 5.74) is 2.36. The van der Waals surface area contributed by atoms with Gasteiger partial charge in [0.15, 0.2) is 0 Å². The number of hydrogen-bond donors (Lipinski definition) is 0. The zero-order chi connectivity index (χ0) is 12.6. The summed E-state index contributed by atoms with van der Waals surface area (Å²) in [6.45, 7) is 0. The van der Waals surface area contributed by atoms with Gasteiger partial charge in [0.25, 0.3) is 0 Å². The normalized spacial score (nSPS) is 10.9. The van der Waals surface area contributed by atoms with Gasteiger partial charge in [-0.05, 0) is 11.1 Å². The van der Waals surface area contributed by atoms with Gasteiger partial charge in [0.2, 0.25) is 0 Å². The lowest BCUT2D eigenvalue weighted by molar-refractivity contribution is 1.42. The van der Waals surface area contributed by atoms with Crippen molar-refractivity contribution in [2.75, 3.05) is 0 Å². The number of thioether (sulfide) groups is 1. The number of nitrogens with zero attached hydrogens (tertiary/aromatic N) is 1. The standard InChI is InChI=1S/C16H13NS/c17-12-11-16(15-9-5-2-6-10-15)18-13-14-7-3-1-4-8-14/h1-11H,13H2/b16-11+. The molecule has 2 rings (SSSR count). The van der Waals surface area contributed by atoms with E-state index in [1.54, 1.807) is 17.8 Å². The molecule has 0 unspecified atom stereocenters. The smallest absolute Gasteiger partial charge is 0.0923 e. The van der Waals surface area contributed by atoms with Crippen molar-refractivity contribution in [3.05, 3.63) is 77.9 Å². The van der Waals surface area contributed by atoms with Crippen LogP contribution in [0, 0.1) is 11.3 Å². The van der Waals surface area contributed by atoms with Crippen molar-refractivity contribution in [3.8, 4) is 6.07 Å². The van der Waals surface area contributed by atoms with Gasteiger partial charge >= 0.3 is 0 Å². The van der Waals surface area contributed by atoms with Crippen LogP contribution in [0.4, 0.5) is 0 Å². The Morgan fingerprint density at radius 1 is 1.00 bits per heavy atom. The maximum atomic E-state index is 8.86. The maximum Gasteiger partial charge on any atom is 0.0923 e. The quantitative estimate of drug-likeness (QED) is 0.748. The third kappa shape index (κ3) is 3.51. The third-order valence-corrected chi connectivity index (χ3v) is 3.63. The van der Waals surface area contributed by atoms with Gasteiger partial charge in [0.05, 0.1) is 6.07 Å². The van der Waals surface area contributed by atoms with E-state index in [9.17, 15) is 0 Å². The lowest BCUT2D eigenvalue weighted by Crippen LogP contribution is -1.83. The van der Waals surface area contributed by atoms with E-state index in [-0.39, 0.29) is 0 Å². The molecular formula is C16H13NS. The molecule has 88 valence electrons. The van der Waals surface area contributed by atoms with E-state index >= 15 is 0 Å². The summed E-state index contributed by atoms with van der Waals surface area (Å²) in [4.78, 5) is 1.02. The van der Waals surface area contributed by atoms with E-state index in [1.165, 1.54) is 5.56 Å². The van der Waals surface area contributed by atoms with Crippen molar-refractivity contribution in [2.45, 2.75) is 5.75 Å². The molecule has 0 aromatic heterocycles. The molecule has 0 N–H and O–H groups in total. The first-order valence-electron chi connectivity index (χ1n) is 5.72. The van der Waals surface area contributed by atoms with Crippen LogP contribution in [0.5, 0.6) is 0 Å². The molecule has 1 nitrogen and oxygen atoms in total. The predicted molar refractivity (Wildman–Crippen MR) is 77.8 cm³/mol. The van der Waals surface area contributed by atoms with Crippen molar-refractivity contribution in [3.63, 3.8) is 0 Å². The number of nitriles is 1. The highest BCUT2D eigenvalue weighted by Gasteiger charge is 2.02. The van der Waals surface area contributed by atoms with Gasteiger partial charge in [-0.2, -0.15) is 5.26 Å². The minimum Gasteiger partial charge on any atom is -0.193 e. The van der Waals surface area contributed by atoms with E-state index in [2.05, 4.69) is 18.2 Å². The highest BCUT2D eigenvalue weighted by atomic mass is 32.2. The van der Waals surface area contributed by atoms with Crippen molar-refractivity contribution < 1.29 is 0 Å². The molecule has 0 saturated heterocycles. The van der Waals surface area contributed by atoms with Crippen molar-refractivity contribution >= 4 is 16.7 Å². The number of rotatable bonds is 4. The second-order valence-electron chi connectivity index (χ2n) is 3.78. The SMILES string of the molecule is N#C/C=C(/SCc1ccccc1)c1ccccc1. The van der Waals surface area contributed by atoms with Crippen LogP contribution < -0.4 is 0 Å². The van der Waals surface area contributed by atoms with Gasteiger partial charge in [0, 0.05) is 16.7 Å². The average molecular weight is 251 g/mol. The molecular weight excluding hydrogens is 238 g/mol. The van der Waals surface area contributed by atoms with E-state index in [1.807, 2.05) is 48.5 Å². The zero-order valence-corrected chi connectivity index (χ0v) is 10.7. The average Bonchev–Trinajstić information content (AvgIpc) is 2.45. The second kappa shape index (κ2) is 6.68. The van der Waals surface area contributed by atoms with Crippen LogP contribution in [0.15, 0.2) is 66.7 Å². The summed E-state index contributed by atoms with van der Waals surface area (Å²) in [6, 6.07) is 22.4. The summed E-state index contributed by atoms with van der Waals surface area (Å²) in [7, 11) is 0. The Balaban J connectivity index is 2.10. The van der Waals surface area contributed by atoms with Crippen LogP contribution in [0.2, 0.25) is 0 Å². The first kappa shape index (κ1) is 12.5. The van der Waals surface area contributed by atoms with Crippen molar-refractivity contribution in [2.24, 2.45) is 0 Å².